The zero-order chi connectivity index (χ0) is 16.0. The molecule has 1 aliphatic carbocycles. The smallest absolute Gasteiger partial charge is 0.265 e. The normalized spacial score (nSPS) is 22.7. The van der Waals surface area contributed by atoms with Gasteiger partial charge in [-0.3, -0.25) is 9.59 Å². The number of rotatable bonds is 1. The van der Waals surface area contributed by atoms with Crippen molar-refractivity contribution in [2.45, 2.75) is 24.7 Å². The molecule has 0 aromatic heterocycles. The van der Waals surface area contributed by atoms with Gasteiger partial charge < -0.3 is 0 Å². The molecule has 3 nitrogen and oxygen atoms in total. The van der Waals surface area contributed by atoms with Crippen molar-refractivity contribution < 1.29 is 9.59 Å². The van der Waals surface area contributed by atoms with Crippen LogP contribution < -0.4 is 4.90 Å². The molecule has 1 fully saturated rings. The quantitative estimate of drug-likeness (QED) is 0.593. The molecule has 2 aliphatic rings. The highest BCUT2D eigenvalue weighted by atomic mass is 16.2. The number of amides is 2. The summed E-state index contributed by atoms with van der Waals surface area (Å²) >= 11 is 0. The molecular weight excluding hydrogens is 286 g/mol. The zero-order valence-electron chi connectivity index (χ0n) is 12.8. The highest BCUT2D eigenvalue weighted by Crippen LogP contribution is 2.53. The second kappa shape index (κ2) is 4.92. The van der Waals surface area contributed by atoms with Gasteiger partial charge in [0.15, 0.2) is 0 Å². The van der Waals surface area contributed by atoms with Crippen molar-refractivity contribution in [3.05, 3.63) is 77.9 Å². The molecule has 0 radical (unpaired) electrons. The highest BCUT2D eigenvalue weighted by Gasteiger charge is 2.55. The molecule has 23 heavy (non-hydrogen) atoms. The van der Waals surface area contributed by atoms with Crippen LogP contribution in [0.25, 0.3) is 0 Å². The second-order valence-electron chi connectivity index (χ2n) is 6.19. The van der Waals surface area contributed by atoms with Crippen molar-refractivity contribution in [2.75, 3.05) is 4.90 Å². The molecular formula is C20H17NO2. The molecule has 1 saturated carbocycles. The Morgan fingerprint density at radius 3 is 2.43 bits per heavy atom. The summed E-state index contributed by atoms with van der Waals surface area (Å²) in [5, 5.41) is 0. The fraction of sp³-hybridized carbons (Fsp3) is 0.200. The fourth-order valence-electron chi connectivity index (χ4n) is 3.90. The molecule has 1 spiro atoms. The van der Waals surface area contributed by atoms with Gasteiger partial charge in [0.05, 0.1) is 11.1 Å². The average Bonchev–Trinajstić information content (AvgIpc) is 3.09. The fourth-order valence-corrected chi connectivity index (χ4v) is 3.90. The number of benzene rings is 2. The topological polar surface area (TPSA) is 37.4 Å². The van der Waals surface area contributed by atoms with Crippen LogP contribution in [0.15, 0.2) is 66.7 Å². The molecule has 4 rings (SSSR count). The molecule has 2 aromatic carbocycles. The van der Waals surface area contributed by atoms with E-state index in [4.69, 9.17) is 0 Å². The van der Waals surface area contributed by atoms with Crippen molar-refractivity contribution in [1.82, 2.24) is 0 Å². The van der Waals surface area contributed by atoms with Crippen LogP contribution in [0.3, 0.4) is 0 Å². The summed E-state index contributed by atoms with van der Waals surface area (Å²) in [6, 6.07) is 16.6. The third-order valence-corrected chi connectivity index (χ3v) is 5.03. The molecule has 2 amide bonds. The van der Waals surface area contributed by atoms with E-state index in [1.807, 2.05) is 42.5 Å². The van der Waals surface area contributed by atoms with Gasteiger partial charge in [-0.15, -0.1) is 0 Å². The summed E-state index contributed by atoms with van der Waals surface area (Å²) in [4.78, 5) is 27.5. The predicted molar refractivity (Wildman–Crippen MR) is 89.4 cm³/mol. The van der Waals surface area contributed by atoms with Crippen LogP contribution in [-0.2, 0) is 10.2 Å². The first-order valence-corrected chi connectivity index (χ1v) is 7.88. The minimum absolute atomic E-state index is 0.143. The summed E-state index contributed by atoms with van der Waals surface area (Å²) in [6.45, 7) is 4.15. The Morgan fingerprint density at radius 1 is 1.04 bits per heavy atom. The summed E-state index contributed by atoms with van der Waals surface area (Å²) in [5.74, 6) is -0.408. The number of carbonyl (C=O) groups is 2. The van der Waals surface area contributed by atoms with E-state index >= 15 is 0 Å². The van der Waals surface area contributed by atoms with Crippen molar-refractivity contribution >= 4 is 17.5 Å². The molecule has 0 bridgehead atoms. The number of carbonyl (C=O) groups excluding carboxylic acids is 2. The number of anilines is 1. The van der Waals surface area contributed by atoms with Gasteiger partial charge in [0.1, 0.15) is 0 Å². The Bertz CT molecular complexity index is 825. The number of hydrogen-bond acceptors (Lipinski definition) is 2. The minimum Gasteiger partial charge on any atom is -0.273 e. The van der Waals surface area contributed by atoms with Crippen LogP contribution in [0, 0.1) is 0 Å². The number of fused-ring (bicyclic) bond motifs is 2. The maximum Gasteiger partial charge on any atom is 0.265 e. The van der Waals surface area contributed by atoms with E-state index in [2.05, 4.69) is 6.58 Å². The highest BCUT2D eigenvalue weighted by molar-refractivity contribution is 6.28. The van der Waals surface area contributed by atoms with Gasteiger partial charge in [-0.1, -0.05) is 48.6 Å². The van der Waals surface area contributed by atoms with Crippen LogP contribution >= 0.6 is 0 Å². The van der Waals surface area contributed by atoms with Gasteiger partial charge in [0.2, 0.25) is 5.91 Å². The molecule has 1 heterocycles. The molecule has 0 unspecified atom stereocenters. The van der Waals surface area contributed by atoms with E-state index in [-0.39, 0.29) is 11.8 Å². The molecule has 1 aliphatic heterocycles. The maximum atomic E-state index is 13.3. The largest absolute Gasteiger partial charge is 0.273 e. The standard InChI is InChI=1S/C20H17NO2/c1-14-8-7-13-20(14)16-11-5-6-12-17(16)21(19(20)23)18(22)15-9-3-2-4-10-15/h2-6,9-12H,1,7-8,13H2/t20-/m0/s1. The lowest BCUT2D eigenvalue weighted by Gasteiger charge is -2.24. The van der Waals surface area contributed by atoms with Crippen LogP contribution in [-0.4, -0.2) is 11.8 Å². The zero-order valence-corrected chi connectivity index (χ0v) is 12.8. The maximum absolute atomic E-state index is 13.3. The van der Waals surface area contributed by atoms with E-state index in [0.717, 1.165) is 30.4 Å². The van der Waals surface area contributed by atoms with Crippen molar-refractivity contribution in [2.24, 2.45) is 0 Å². The van der Waals surface area contributed by atoms with E-state index < -0.39 is 5.41 Å². The monoisotopic (exact) mass is 303 g/mol. The van der Waals surface area contributed by atoms with Gasteiger partial charge in [0.25, 0.3) is 5.91 Å². The number of hydrogen-bond donors (Lipinski definition) is 0. The summed E-state index contributed by atoms with van der Waals surface area (Å²) in [7, 11) is 0. The first-order valence-electron chi connectivity index (χ1n) is 7.88. The SMILES string of the molecule is C=C1CCC[C@]12C(=O)N(C(=O)c1ccccc1)c1ccccc12. The summed E-state index contributed by atoms with van der Waals surface area (Å²) < 4.78 is 0. The molecule has 3 heteroatoms. The summed E-state index contributed by atoms with van der Waals surface area (Å²) in [6.07, 6.45) is 2.51. The Hall–Kier alpha value is -2.68. The third kappa shape index (κ3) is 1.76. The Labute approximate surface area is 135 Å². The van der Waals surface area contributed by atoms with E-state index in [0.29, 0.717) is 11.3 Å². The van der Waals surface area contributed by atoms with Crippen LogP contribution in [0.1, 0.15) is 35.2 Å². The minimum atomic E-state index is -0.707. The molecule has 2 aromatic rings. The van der Waals surface area contributed by atoms with E-state index in [1.54, 1.807) is 12.1 Å². The van der Waals surface area contributed by atoms with Crippen LogP contribution in [0.2, 0.25) is 0 Å². The Morgan fingerprint density at radius 2 is 1.74 bits per heavy atom. The first kappa shape index (κ1) is 13.9. The molecule has 0 N–H and O–H groups in total. The molecule has 0 saturated heterocycles. The van der Waals surface area contributed by atoms with E-state index in [1.165, 1.54) is 4.90 Å². The van der Waals surface area contributed by atoms with Crippen LogP contribution in [0.4, 0.5) is 5.69 Å². The van der Waals surface area contributed by atoms with Gasteiger partial charge >= 0.3 is 0 Å². The predicted octanol–water partition coefficient (Wildman–Crippen LogP) is 3.85. The Kier molecular flexibility index (Phi) is 2.98. The lowest BCUT2D eigenvalue weighted by atomic mass is 9.77. The van der Waals surface area contributed by atoms with Crippen molar-refractivity contribution in [1.29, 1.82) is 0 Å². The van der Waals surface area contributed by atoms with Gasteiger partial charge in [0, 0.05) is 5.56 Å². The number of para-hydroxylation sites is 1. The van der Waals surface area contributed by atoms with E-state index in [9.17, 15) is 9.59 Å². The number of imide groups is 1. The first-order chi connectivity index (χ1) is 11.2. The van der Waals surface area contributed by atoms with Crippen LogP contribution in [0.5, 0.6) is 0 Å². The van der Waals surface area contributed by atoms with Gasteiger partial charge in [-0.2, -0.15) is 0 Å². The second-order valence-corrected chi connectivity index (χ2v) is 6.19. The third-order valence-electron chi connectivity index (χ3n) is 5.03. The van der Waals surface area contributed by atoms with Gasteiger partial charge in [-0.25, -0.2) is 4.90 Å². The van der Waals surface area contributed by atoms with Crippen molar-refractivity contribution in [3.63, 3.8) is 0 Å². The molecule has 1 atom stereocenters. The Balaban J connectivity index is 1.88. The lowest BCUT2D eigenvalue weighted by Crippen LogP contribution is -2.42. The molecule has 114 valence electrons. The average molecular weight is 303 g/mol. The number of nitrogens with zero attached hydrogens (tertiary/aromatic N) is 1. The lowest BCUT2D eigenvalue weighted by molar-refractivity contribution is -0.121. The van der Waals surface area contributed by atoms with Crippen molar-refractivity contribution in [3.8, 4) is 0 Å². The van der Waals surface area contributed by atoms with Gasteiger partial charge in [-0.05, 0) is 43.0 Å². The summed E-state index contributed by atoms with van der Waals surface area (Å²) in [5.41, 5.74) is 2.38.